The third-order valence-corrected chi connectivity index (χ3v) is 2.50. The van der Waals surface area contributed by atoms with Crippen molar-refractivity contribution in [3.8, 4) is 0 Å². The van der Waals surface area contributed by atoms with Crippen LogP contribution in [0.1, 0.15) is 41.5 Å². The number of nitrogens with two attached hydrogens (primary N) is 1. The molecule has 2 N–H and O–H groups in total. The van der Waals surface area contributed by atoms with Gasteiger partial charge in [-0.3, -0.25) is 4.79 Å². The third-order valence-electron chi connectivity index (χ3n) is 2.50. The van der Waals surface area contributed by atoms with Crippen molar-refractivity contribution in [3.05, 3.63) is 0 Å². The molecular weight excluding hydrogens is 178 g/mol. The Morgan fingerprint density at radius 3 is 1.93 bits per heavy atom. The summed E-state index contributed by atoms with van der Waals surface area (Å²) in [5.74, 6) is -0.183. The fourth-order valence-electron chi connectivity index (χ4n) is 0.702. The van der Waals surface area contributed by atoms with Gasteiger partial charge in [0.05, 0.1) is 0 Å². The molecule has 0 aliphatic carbocycles. The minimum atomic E-state index is -0.514. The molecule has 0 aromatic rings. The summed E-state index contributed by atoms with van der Waals surface area (Å²) in [5.41, 5.74) is 5.64. The summed E-state index contributed by atoms with van der Waals surface area (Å²) in [6.07, 6.45) is -0.111. The molecule has 0 rings (SSSR count). The fourth-order valence-corrected chi connectivity index (χ4v) is 0.702. The number of rotatable bonds is 3. The van der Waals surface area contributed by atoms with E-state index in [0.29, 0.717) is 0 Å². The van der Waals surface area contributed by atoms with Gasteiger partial charge < -0.3 is 10.5 Å². The minimum absolute atomic E-state index is 0.0354. The topological polar surface area (TPSA) is 52.3 Å². The normalized spacial score (nSPS) is 16.6. The first kappa shape index (κ1) is 13.4. The second-order valence-corrected chi connectivity index (χ2v) is 5.21. The lowest BCUT2D eigenvalue weighted by molar-refractivity contribution is -0.156. The second kappa shape index (κ2) is 4.78. The summed E-state index contributed by atoms with van der Waals surface area (Å²) >= 11 is 0. The van der Waals surface area contributed by atoms with E-state index < -0.39 is 6.04 Å². The highest BCUT2D eigenvalue weighted by atomic mass is 16.5. The average Bonchev–Trinajstić information content (AvgIpc) is 2.00. The van der Waals surface area contributed by atoms with Crippen LogP contribution >= 0.6 is 0 Å². The van der Waals surface area contributed by atoms with E-state index in [4.69, 9.17) is 10.5 Å². The highest BCUT2D eigenvalue weighted by molar-refractivity contribution is 5.75. The van der Waals surface area contributed by atoms with Crippen LogP contribution in [0.5, 0.6) is 0 Å². The van der Waals surface area contributed by atoms with Gasteiger partial charge in [0.1, 0.15) is 12.1 Å². The van der Waals surface area contributed by atoms with Crippen LogP contribution in [0.3, 0.4) is 0 Å². The Labute approximate surface area is 87.0 Å². The molecule has 0 fully saturated rings. The number of esters is 1. The van der Waals surface area contributed by atoms with Crippen LogP contribution in [-0.2, 0) is 9.53 Å². The van der Waals surface area contributed by atoms with Crippen molar-refractivity contribution < 1.29 is 9.53 Å². The zero-order valence-electron chi connectivity index (χ0n) is 10.1. The summed E-state index contributed by atoms with van der Waals surface area (Å²) in [7, 11) is 0. The van der Waals surface area contributed by atoms with Gasteiger partial charge in [0.2, 0.25) is 0 Å². The van der Waals surface area contributed by atoms with Crippen LogP contribution < -0.4 is 5.73 Å². The van der Waals surface area contributed by atoms with Gasteiger partial charge in [0.15, 0.2) is 0 Å². The van der Waals surface area contributed by atoms with Crippen LogP contribution in [0.2, 0.25) is 0 Å². The summed E-state index contributed by atoms with van der Waals surface area (Å²) in [4.78, 5) is 11.5. The average molecular weight is 201 g/mol. The number of carbonyl (C=O) groups excluding carboxylic acids is 1. The maximum Gasteiger partial charge on any atom is 0.323 e. The van der Waals surface area contributed by atoms with E-state index in [1.807, 2.05) is 41.5 Å². The van der Waals surface area contributed by atoms with Gasteiger partial charge in [0.25, 0.3) is 0 Å². The third kappa shape index (κ3) is 4.09. The summed E-state index contributed by atoms with van der Waals surface area (Å²) < 4.78 is 5.27. The Balaban J connectivity index is 4.20. The first-order valence-electron chi connectivity index (χ1n) is 5.12. The van der Waals surface area contributed by atoms with Crippen molar-refractivity contribution >= 4 is 5.97 Å². The van der Waals surface area contributed by atoms with Crippen molar-refractivity contribution in [3.63, 3.8) is 0 Å². The molecule has 0 aromatic carbocycles. The zero-order chi connectivity index (χ0) is 11.5. The largest absolute Gasteiger partial charge is 0.461 e. The van der Waals surface area contributed by atoms with Crippen molar-refractivity contribution in [2.24, 2.45) is 17.1 Å². The molecule has 84 valence electrons. The highest BCUT2D eigenvalue weighted by Crippen LogP contribution is 2.22. The van der Waals surface area contributed by atoms with Crippen molar-refractivity contribution in [1.29, 1.82) is 0 Å². The van der Waals surface area contributed by atoms with Crippen molar-refractivity contribution in [2.75, 3.05) is 0 Å². The van der Waals surface area contributed by atoms with E-state index in [1.54, 1.807) is 0 Å². The lowest BCUT2D eigenvalue weighted by Gasteiger charge is -2.28. The predicted octanol–water partition coefficient (Wildman–Crippen LogP) is 1.95. The molecule has 0 amide bonds. The van der Waals surface area contributed by atoms with Gasteiger partial charge in [-0.25, -0.2) is 0 Å². The number of carbonyl (C=O) groups is 1. The highest BCUT2D eigenvalue weighted by Gasteiger charge is 2.27. The molecule has 1 unspecified atom stereocenters. The van der Waals surface area contributed by atoms with E-state index in [2.05, 4.69) is 0 Å². The first-order valence-corrected chi connectivity index (χ1v) is 5.12. The zero-order valence-corrected chi connectivity index (χ0v) is 10.1. The quantitative estimate of drug-likeness (QED) is 0.710. The number of hydrogen-bond acceptors (Lipinski definition) is 3. The summed E-state index contributed by atoms with van der Waals surface area (Å²) in [5, 5.41) is 0. The Kier molecular flexibility index (Phi) is 4.59. The molecule has 0 bridgehead atoms. The van der Waals surface area contributed by atoms with Crippen LogP contribution in [0.4, 0.5) is 0 Å². The van der Waals surface area contributed by atoms with E-state index in [0.717, 1.165) is 0 Å². The molecule has 0 aromatic heterocycles. The van der Waals surface area contributed by atoms with E-state index in [-0.39, 0.29) is 23.4 Å². The Morgan fingerprint density at radius 2 is 1.64 bits per heavy atom. The lowest BCUT2D eigenvalue weighted by atomic mass is 9.90. The van der Waals surface area contributed by atoms with Crippen LogP contribution in [0, 0.1) is 11.3 Å². The van der Waals surface area contributed by atoms with E-state index in [9.17, 15) is 4.79 Å². The van der Waals surface area contributed by atoms with Gasteiger partial charge in [0, 0.05) is 0 Å². The van der Waals surface area contributed by atoms with Crippen LogP contribution in [0.25, 0.3) is 0 Å². The Morgan fingerprint density at radius 1 is 1.21 bits per heavy atom. The lowest BCUT2D eigenvalue weighted by Crippen LogP contribution is -2.41. The van der Waals surface area contributed by atoms with Crippen LogP contribution in [0.15, 0.2) is 0 Å². The SMILES string of the molecule is CC(C)[C@@H](N)C(=O)OC(C)C(C)(C)C. The van der Waals surface area contributed by atoms with Gasteiger partial charge in [-0.1, -0.05) is 34.6 Å². The summed E-state index contributed by atoms with van der Waals surface area (Å²) in [6.45, 7) is 11.8. The first-order chi connectivity index (χ1) is 6.16. The number of ether oxygens (including phenoxy) is 1. The van der Waals surface area contributed by atoms with E-state index >= 15 is 0 Å². The van der Waals surface area contributed by atoms with Crippen molar-refractivity contribution in [1.82, 2.24) is 0 Å². The predicted molar refractivity (Wildman–Crippen MR) is 57.8 cm³/mol. The molecule has 0 radical (unpaired) electrons. The molecule has 0 aliphatic heterocycles. The molecule has 2 atom stereocenters. The molecule has 3 nitrogen and oxygen atoms in total. The maximum atomic E-state index is 11.5. The molecule has 0 spiro atoms. The molecule has 0 heterocycles. The standard InChI is InChI=1S/C11H23NO2/c1-7(2)9(12)10(13)14-8(3)11(4,5)6/h7-9H,12H2,1-6H3/t8?,9-/m1/s1. The maximum absolute atomic E-state index is 11.5. The Bertz CT molecular complexity index is 194. The molecule has 0 saturated heterocycles. The Hall–Kier alpha value is -0.570. The fraction of sp³-hybridized carbons (Fsp3) is 0.909. The second-order valence-electron chi connectivity index (χ2n) is 5.21. The molecule has 14 heavy (non-hydrogen) atoms. The van der Waals surface area contributed by atoms with Gasteiger partial charge in [-0.2, -0.15) is 0 Å². The minimum Gasteiger partial charge on any atom is -0.461 e. The molecular formula is C11H23NO2. The van der Waals surface area contributed by atoms with Gasteiger partial charge >= 0.3 is 5.97 Å². The number of hydrogen-bond donors (Lipinski definition) is 1. The molecule has 3 heteroatoms. The van der Waals surface area contributed by atoms with Crippen LogP contribution in [-0.4, -0.2) is 18.1 Å². The van der Waals surface area contributed by atoms with Gasteiger partial charge in [-0.05, 0) is 18.3 Å². The van der Waals surface area contributed by atoms with Crippen molar-refractivity contribution in [2.45, 2.75) is 53.7 Å². The van der Waals surface area contributed by atoms with E-state index in [1.165, 1.54) is 0 Å². The van der Waals surface area contributed by atoms with Gasteiger partial charge in [-0.15, -0.1) is 0 Å². The molecule has 0 aliphatic rings. The monoisotopic (exact) mass is 201 g/mol. The smallest absolute Gasteiger partial charge is 0.323 e. The molecule has 0 saturated carbocycles. The summed E-state index contributed by atoms with van der Waals surface area (Å²) in [6, 6.07) is -0.514.